The van der Waals surface area contributed by atoms with Gasteiger partial charge in [0, 0.05) is 5.69 Å². The fourth-order valence-electron chi connectivity index (χ4n) is 2.79. The maximum Gasteiger partial charge on any atom is 0.264 e. The molecule has 0 atom stereocenters. The Balaban J connectivity index is 1.95. The van der Waals surface area contributed by atoms with E-state index >= 15 is 0 Å². The number of nitrogens with one attached hydrogen (secondary N) is 1. The Hall–Kier alpha value is -3.19. The molecule has 29 heavy (non-hydrogen) atoms. The SMILES string of the molecule is Cc1ccc(N(CC(=O)Nc2ccccc2C)S(=O)(=O)c2ccc(F)cc2)cc1. The highest BCUT2D eigenvalue weighted by Gasteiger charge is 2.27. The van der Waals surface area contributed by atoms with Crippen molar-refractivity contribution < 1.29 is 17.6 Å². The van der Waals surface area contributed by atoms with Gasteiger partial charge in [-0.05, 0) is 61.9 Å². The zero-order valence-electron chi connectivity index (χ0n) is 16.1. The lowest BCUT2D eigenvalue weighted by Gasteiger charge is -2.24. The third-order valence-electron chi connectivity index (χ3n) is 4.43. The maximum absolute atomic E-state index is 13.3. The molecule has 5 nitrogen and oxygen atoms in total. The van der Waals surface area contributed by atoms with Gasteiger partial charge in [0.25, 0.3) is 10.0 Å². The predicted molar refractivity (Wildman–Crippen MR) is 112 cm³/mol. The zero-order valence-corrected chi connectivity index (χ0v) is 16.9. The minimum absolute atomic E-state index is 0.0943. The third kappa shape index (κ3) is 4.81. The van der Waals surface area contributed by atoms with Crippen LogP contribution in [-0.2, 0) is 14.8 Å². The summed E-state index contributed by atoms with van der Waals surface area (Å²) in [6, 6.07) is 18.6. The smallest absolute Gasteiger partial charge is 0.264 e. The Morgan fingerprint density at radius 2 is 1.55 bits per heavy atom. The molecule has 0 unspecified atom stereocenters. The fraction of sp³-hybridized carbons (Fsp3) is 0.136. The van der Waals surface area contributed by atoms with Gasteiger partial charge in [0.2, 0.25) is 5.91 Å². The van der Waals surface area contributed by atoms with Gasteiger partial charge in [-0.2, -0.15) is 0 Å². The largest absolute Gasteiger partial charge is 0.324 e. The van der Waals surface area contributed by atoms with Gasteiger partial charge < -0.3 is 5.32 Å². The quantitative estimate of drug-likeness (QED) is 0.657. The first-order chi connectivity index (χ1) is 13.8. The molecule has 0 spiro atoms. The lowest BCUT2D eigenvalue weighted by molar-refractivity contribution is -0.114. The lowest BCUT2D eigenvalue weighted by atomic mass is 10.2. The van der Waals surface area contributed by atoms with Crippen molar-refractivity contribution in [1.29, 1.82) is 0 Å². The van der Waals surface area contributed by atoms with E-state index in [1.807, 2.05) is 26.0 Å². The summed E-state index contributed by atoms with van der Waals surface area (Å²) in [6.07, 6.45) is 0. The predicted octanol–water partition coefficient (Wildman–Crippen LogP) is 4.28. The number of halogens is 1. The second-order valence-corrected chi connectivity index (χ2v) is 8.53. The van der Waals surface area contributed by atoms with Crippen molar-refractivity contribution in [2.45, 2.75) is 18.7 Å². The Kier molecular flexibility index (Phi) is 5.98. The number of benzene rings is 3. The molecule has 1 N–H and O–H groups in total. The van der Waals surface area contributed by atoms with Crippen LogP contribution in [0.1, 0.15) is 11.1 Å². The van der Waals surface area contributed by atoms with E-state index in [0.717, 1.165) is 27.6 Å². The first kappa shape index (κ1) is 20.5. The topological polar surface area (TPSA) is 66.5 Å². The molecular formula is C22H21FN2O3S. The molecule has 0 bridgehead atoms. The molecule has 0 aliphatic rings. The molecule has 7 heteroatoms. The summed E-state index contributed by atoms with van der Waals surface area (Å²) >= 11 is 0. The average Bonchev–Trinajstić information content (AvgIpc) is 2.69. The van der Waals surface area contributed by atoms with E-state index in [4.69, 9.17) is 0 Å². The van der Waals surface area contributed by atoms with Crippen LogP contribution in [-0.4, -0.2) is 20.9 Å². The van der Waals surface area contributed by atoms with Gasteiger partial charge in [0.1, 0.15) is 12.4 Å². The Labute approximate surface area is 169 Å². The van der Waals surface area contributed by atoms with Gasteiger partial charge in [-0.3, -0.25) is 9.10 Å². The van der Waals surface area contributed by atoms with E-state index in [1.54, 1.807) is 36.4 Å². The fourth-order valence-corrected chi connectivity index (χ4v) is 4.21. The Morgan fingerprint density at radius 3 is 2.17 bits per heavy atom. The summed E-state index contributed by atoms with van der Waals surface area (Å²) in [6.45, 7) is 3.31. The van der Waals surface area contributed by atoms with E-state index in [2.05, 4.69) is 5.32 Å². The highest BCUT2D eigenvalue weighted by Crippen LogP contribution is 2.24. The van der Waals surface area contributed by atoms with Crippen molar-refractivity contribution in [1.82, 2.24) is 0 Å². The van der Waals surface area contributed by atoms with Crippen LogP contribution in [0.4, 0.5) is 15.8 Å². The molecule has 150 valence electrons. The number of sulfonamides is 1. The van der Waals surface area contributed by atoms with Crippen LogP contribution in [0.25, 0.3) is 0 Å². The molecule has 0 heterocycles. The van der Waals surface area contributed by atoms with Crippen LogP contribution in [0.5, 0.6) is 0 Å². The summed E-state index contributed by atoms with van der Waals surface area (Å²) in [5.74, 6) is -1.02. The normalized spacial score (nSPS) is 11.1. The molecule has 3 rings (SSSR count). The van der Waals surface area contributed by atoms with E-state index in [9.17, 15) is 17.6 Å². The Morgan fingerprint density at radius 1 is 0.931 bits per heavy atom. The number of hydrogen-bond acceptors (Lipinski definition) is 3. The molecular weight excluding hydrogens is 391 g/mol. The number of hydrogen-bond donors (Lipinski definition) is 1. The molecule has 0 saturated heterocycles. The van der Waals surface area contributed by atoms with Crippen molar-refractivity contribution in [3.8, 4) is 0 Å². The standard InChI is InChI=1S/C22H21FN2O3S/c1-16-7-11-19(12-8-16)25(29(27,28)20-13-9-18(23)10-14-20)15-22(26)24-21-6-4-3-5-17(21)2/h3-14H,15H2,1-2H3,(H,24,26). The third-order valence-corrected chi connectivity index (χ3v) is 6.22. The highest BCUT2D eigenvalue weighted by molar-refractivity contribution is 7.92. The second kappa shape index (κ2) is 8.45. The number of anilines is 2. The number of para-hydroxylation sites is 1. The minimum atomic E-state index is -4.08. The summed E-state index contributed by atoms with van der Waals surface area (Å²) < 4.78 is 40.7. The molecule has 3 aromatic rings. The second-order valence-electron chi connectivity index (χ2n) is 6.66. The van der Waals surface area contributed by atoms with Crippen LogP contribution < -0.4 is 9.62 Å². The molecule has 0 radical (unpaired) electrons. The van der Waals surface area contributed by atoms with Crippen molar-refractivity contribution >= 4 is 27.3 Å². The van der Waals surface area contributed by atoms with Crippen molar-refractivity contribution in [2.24, 2.45) is 0 Å². The molecule has 0 aliphatic heterocycles. The van der Waals surface area contributed by atoms with Gasteiger partial charge in [0.05, 0.1) is 10.6 Å². The van der Waals surface area contributed by atoms with Crippen LogP contribution >= 0.6 is 0 Å². The molecule has 0 fully saturated rings. The molecule has 1 amide bonds. The summed E-state index contributed by atoms with van der Waals surface area (Å²) in [5, 5.41) is 2.75. The minimum Gasteiger partial charge on any atom is -0.324 e. The van der Waals surface area contributed by atoms with E-state index < -0.39 is 28.3 Å². The van der Waals surface area contributed by atoms with Crippen LogP contribution in [0, 0.1) is 19.7 Å². The summed E-state index contributed by atoms with van der Waals surface area (Å²) in [5.41, 5.74) is 2.78. The number of amides is 1. The first-order valence-corrected chi connectivity index (χ1v) is 10.4. The molecule has 0 saturated carbocycles. The maximum atomic E-state index is 13.3. The van der Waals surface area contributed by atoms with E-state index in [-0.39, 0.29) is 4.90 Å². The molecule has 3 aromatic carbocycles. The van der Waals surface area contributed by atoms with Gasteiger partial charge in [-0.25, -0.2) is 12.8 Å². The van der Waals surface area contributed by atoms with E-state index in [0.29, 0.717) is 11.4 Å². The van der Waals surface area contributed by atoms with Gasteiger partial charge in [0.15, 0.2) is 0 Å². The molecule has 0 aliphatic carbocycles. The zero-order chi connectivity index (χ0) is 21.0. The summed E-state index contributed by atoms with van der Waals surface area (Å²) in [7, 11) is -4.08. The molecule has 0 aromatic heterocycles. The van der Waals surface area contributed by atoms with Gasteiger partial charge >= 0.3 is 0 Å². The Bertz CT molecular complexity index is 1110. The van der Waals surface area contributed by atoms with Crippen LogP contribution in [0.15, 0.2) is 77.7 Å². The van der Waals surface area contributed by atoms with Crippen molar-refractivity contribution in [2.75, 3.05) is 16.2 Å². The number of nitrogens with zero attached hydrogens (tertiary/aromatic N) is 1. The number of carbonyl (C=O) groups is 1. The highest BCUT2D eigenvalue weighted by atomic mass is 32.2. The average molecular weight is 412 g/mol. The first-order valence-electron chi connectivity index (χ1n) is 8.98. The number of carbonyl (C=O) groups excluding carboxylic acids is 1. The van der Waals surface area contributed by atoms with Gasteiger partial charge in [-0.15, -0.1) is 0 Å². The van der Waals surface area contributed by atoms with Gasteiger partial charge in [-0.1, -0.05) is 35.9 Å². The van der Waals surface area contributed by atoms with E-state index in [1.165, 1.54) is 12.1 Å². The van der Waals surface area contributed by atoms with Crippen molar-refractivity contribution in [3.05, 3.63) is 89.7 Å². The lowest BCUT2D eigenvalue weighted by Crippen LogP contribution is -2.38. The van der Waals surface area contributed by atoms with Crippen LogP contribution in [0.3, 0.4) is 0 Å². The van der Waals surface area contributed by atoms with Crippen molar-refractivity contribution in [3.63, 3.8) is 0 Å². The van der Waals surface area contributed by atoms with Crippen LogP contribution in [0.2, 0.25) is 0 Å². The number of aryl methyl sites for hydroxylation is 2. The monoisotopic (exact) mass is 412 g/mol. The number of rotatable bonds is 6. The summed E-state index contributed by atoms with van der Waals surface area (Å²) in [4.78, 5) is 12.6.